The van der Waals surface area contributed by atoms with Crippen LogP contribution in [0.4, 0.5) is 11.4 Å². The van der Waals surface area contributed by atoms with Crippen LogP contribution in [0.2, 0.25) is 0 Å². The fourth-order valence-corrected chi connectivity index (χ4v) is 7.83. The van der Waals surface area contributed by atoms with Crippen LogP contribution in [0.3, 0.4) is 0 Å². The number of nitro groups is 1. The van der Waals surface area contributed by atoms with Crippen LogP contribution in [0.25, 0.3) is 78.6 Å². The van der Waals surface area contributed by atoms with E-state index in [1.54, 1.807) is 0 Å². The SMILES string of the molecule is CC(C)(C)c1ccc(-c2c3nc(c4[nH]c(c([N+](=O)[O-])c4N)c(-c4ccc(C(C)(C)C)cc4)c4ccc([nH]4)c(-c4ccc(C(C)(C)C)cc4)c4ccc2[nH]4)C=C3)cc1. The number of benzene rings is 3. The number of nitrogens with zero attached hydrogens (tertiary/aromatic N) is 2. The maximum atomic E-state index is 13.0. The molecule has 8 bridgehead atoms. The van der Waals surface area contributed by atoms with Crippen molar-refractivity contribution in [1.29, 1.82) is 0 Å². The fourth-order valence-electron chi connectivity index (χ4n) is 7.83. The summed E-state index contributed by atoms with van der Waals surface area (Å²) in [6.07, 6.45) is 3.84. The Morgan fingerprint density at radius 2 is 0.860 bits per heavy atom. The average Bonchev–Trinajstić information content (AvgIpc) is 3.97. The molecule has 0 saturated carbocycles. The molecule has 8 nitrogen and oxygen atoms in total. The van der Waals surface area contributed by atoms with Gasteiger partial charge in [-0.05, 0) is 86.0 Å². The Morgan fingerprint density at radius 3 is 1.28 bits per heavy atom. The number of nitrogens with two attached hydrogens (primary N) is 1. The number of nitrogen functional groups attached to an aromatic ring is 1. The molecule has 1 aliphatic heterocycles. The molecule has 0 fully saturated rings. The molecule has 8 rings (SSSR count). The molecule has 57 heavy (non-hydrogen) atoms. The molecule has 7 aromatic rings. The first kappa shape index (κ1) is 37.5. The highest BCUT2D eigenvalue weighted by molar-refractivity contribution is 6.07. The third kappa shape index (κ3) is 6.79. The molecule has 5 N–H and O–H groups in total. The third-order valence-electron chi connectivity index (χ3n) is 11.2. The largest absolute Gasteiger partial charge is 0.391 e. The first-order valence-electron chi connectivity index (χ1n) is 19.5. The van der Waals surface area contributed by atoms with Gasteiger partial charge in [0.15, 0.2) is 0 Å². The van der Waals surface area contributed by atoms with Crippen LogP contribution in [-0.4, -0.2) is 24.9 Å². The highest BCUT2D eigenvalue weighted by Crippen LogP contribution is 2.42. The van der Waals surface area contributed by atoms with Crippen molar-refractivity contribution in [3.63, 3.8) is 0 Å². The summed E-state index contributed by atoms with van der Waals surface area (Å²) in [5.74, 6) is 0. The Balaban J connectivity index is 1.54. The lowest BCUT2D eigenvalue weighted by atomic mass is 9.86. The van der Waals surface area contributed by atoms with Gasteiger partial charge in [0.05, 0.1) is 21.8 Å². The molecule has 5 heterocycles. The third-order valence-corrected chi connectivity index (χ3v) is 11.2. The van der Waals surface area contributed by atoms with E-state index >= 15 is 0 Å². The number of H-pyrrole nitrogens is 3. The summed E-state index contributed by atoms with van der Waals surface area (Å²) in [6, 6.07) is 33.9. The summed E-state index contributed by atoms with van der Waals surface area (Å²) in [6.45, 7) is 19.8. The van der Waals surface area contributed by atoms with Crippen molar-refractivity contribution < 1.29 is 4.92 Å². The van der Waals surface area contributed by atoms with Crippen molar-refractivity contribution in [3.05, 3.63) is 135 Å². The Labute approximate surface area is 333 Å². The van der Waals surface area contributed by atoms with Crippen LogP contribution in [0, 0.1) is 10.1 Å². The normalized spacial score (nSPS) is 12.8. The molecule has 0 aliphatic carbocycles. The quantitative estimate of drug-likeness (QED) is 0.105. The standard InChI is InChI=1S/C49H50N6O2/c1-47(2,3)31-16-10-28(11-17-31)40-34-22-23-35(51-34)41(29-12-18-32(19-13-29)48(4,5)6)37-26-27-39(53-37)44-43(50)46(55(56)57)45(54-44)42(38-25-24-36(40)52-38)30-14-20-33(21-15-30)49(7,8)9/h10-27,51-52,54H,50H2,1-9H3. The van der Waals surface area contributed by atoms with Gasteiger partial charge in [-0.1, -0.05) is 135 Å². The van der Waals surface area contributed by atoms with Crippen LogP contribution < -0.4 is 5.73 Å². The average molecular weight is 755 g/mol. The van der Waals surface area contributed by atoms with Crippen molar-refractivity contribution >= 4 is 56.6 Å². The minimum atomic E-state index is -0.395. The molecular weight excluding hydrogens is 705 g/mol. The van der Waals surface area contributed by atoms with Crippen LogP contribution >= 0.6 is 0 Å². The van der Waals surface area contributed by atoms with E-state index in [1.165, 1.54) is 11.1 Å². The lowest BCUT2D eigenvalue weighted by Gasteiger charge is -2.19. The minimum Gasteiger partial charge on any atom is -0.391 e. The maximum Gasteiger partial charge on any atom is 0.318 e. The molecule has 1 aliphatic rings. The fraction of sp³-hybridized carbons (Fsp3) is 0.245. The topological polar surface area (TPSA) is 129 Å². The number of hydrogen-bond acceptors (Lipinski definition) is 4. The molecule has 288 valence electrons. The van der Waals surface area contributed by atoms with Crippen LogP contribution in [0.1, 0.15) is 90.4 Å². The predicted octanol–water partition coefficient (Wildman–Crippen LogP) is 13.1. The highest BCUT2D eigenvalue weighted by Gasteiger charge is 2.27. The van der Waals surface area contributed by atoms with E-state index in [0.29, 0.717) is 27.8 Å². The molecule has 3 aromatic carbocycles. The molecule has 0 spiro atoms. The Kier molecular flexibility index (Phi) is 8.80. The van der Waals surface area contributed by atoms with E-state index in [-0.39, 0.29) is 27.6 Å². The molecule has 0 amide bonds. The van der Waals surface area contributed by atoms with Crippen molar-refractivity contribution in [2.75, 3.05) is 5.73 Å². The van der Waals surface area contributed by atoms with Gasteiger partial charge in [-0.15, -0.1) is 0 Å². The zero-order chi connectivity index (χ0) is 40.6. The molecule has 4 aromatic heterocycles. The Hall–Kier alpha value is -6.41. The molecular formula is C49H50N6O2. The van der Waals surface area contributed by atoms with E-state index in [0.717, 1.165) is 55.6 Å². The van der Waals surface area contributed by atoms with Crippen molar-refractivity contribution in [1.82, 2.24) is 19.9 Å². The molecule has 0 saturated heterocycles. The van der Waals surface area contributed by atoms with Crippen LogP contribution in [0.15, 0.2) is 97.1 Å². The van der Waals surface area contributed by atoms with Gasteiger partial charge in [-0.3, -0.25) is 10.1 Å². The summed E-state index contributed by atoms with van der Waals surface area (Å²) in [4.78, 5) is 28.7. The number of hydrogen-bond donors (Lipinski definition) is 4. The summed E-state index contributed by atoms with van der Waals surface area (Å²) in [5.41, 5.74) is 20.7. The monoisotopic (exact) mass is 754 g/mol. The lowest BCUT2D eigenvalue weighted by molar-refractivity contribution is -0.382. The zero-order valence-electron chi connectivity index (χ0n) is 34.2. The van der Waals surface area contributed by atoms with Gasteiger partial charge in [0.2, 0.25) is 0 Å². The molecule has 0 unspecified atom stereocenters. The van der Waals surface area contributed by atoms with Crippen LogP contribution in [-0.2, 0) is 16.2 Å². The number of rotatable bonds is 4. The molecule has 8 heteroatoms. The van der Waals surface area contributed by atoms with Gasteiger partial charge in [-0.2, -0.15) is 0 Å². The minimum absolute atomic E-state index is 0.0141. The summed E-state index contributed by atoms with van der Waals surface area (Å²) in [7, 11) is 0. The first-order chi connectivity index (χ1) is 26.9. The highest BCUT2D eigenvalue weighted by atomic mass is 16.6. The van der Waals surface area contributed by atoms with Crippen molar-refractivity contribution in [2.45, 2.75) is 78.6 Å². The lowest BCUT2D eigenvalue weighted by Crippen LogP contribution is -2.10. The second-order valence-electron chi connectivity index (χ2n) is 18.3. The second kappa shape index (κ2) is 13.4. The van der Waals surface area contributed by atoms with E-state index in [9.17, 15) is 10.1 Å². The Bertz CT molecular complexity index is 2850. The van der Waals surface area contributed by atoms with Gasteiger partial charge in [0.1, 0.15) is 11.2 Å². The zero-order valence-corrected chi connectivity index (χ0v) is 34.2. The maximum absolute atomic E-state index is 13.0. The van der Waals surface area contributed by atoms with E-state index < -0.39 is 4.92 Å². The van der Waals surface area contributed by atoms with Gasteiger partial charge in [-0.25, -0.2) is 4.98 Å². The predicted molar refractivity (Wildman–Crippen MR) is 239 cm³/mol. The number of fused-ring (bicyclic) bond motifs is 9. The molecule has 0 radical (unpaired) electrons. The van der Waals surface area contributed by atoms with Crippen molar-refractivity contribution in [3.8, 4) is 33.4 Å². The summed E-state index contributed by atoms with van der Waals surface area (Å²) >= 11 is 0. The first-order valence-corrected chi connectivity index (χ1v) is 19.5. The van der Waals surface area contributed by atoms with Crippen molar-refractivity contribution in [2.24, 2.45) is 0 Å². The Morgan fingerprint density at radius 1 is 0.491 bits per heavy atom. The van der Waals surface area contributed by atoms with Gasteiger partial charge in [0.25, 0.3) is 0 Å². The molecule has 0 atom stereocenters. The van der Waals surface area contributed by atoms with Gasteiger partial charge >= 0.3 is 5.69 Å². The second-order valence-corrected chi connectivity index (χ2v) is 18.3. The van der Waals surface area contributed by atoms with E-state index in [1.807, 2.05) is 30.4 Å². The number of anilines is 1. The number of nitrogens with one attached hydrogen (secondary N) is 3. The number of aromatic nitrogens is 4. The van der Waals surface area contributed by atoms with Gasteiger partial charge in [0, 0.05) is 38.8 Å². The smallest absolute Gasteiger partial charge is 0.318 e. The summed E-state index contributed by atoms with van der Waals surface area (Å²) in [5, 5.41) is 13.0. The van der Waals surface area contributed by atoms with E-state index in [2.05, 4.69) is 156 Å². The van der Waals surface area contributed by atoms with Crippen LogP contribution in [0.5, 0.6) is 0 Å². The summed E-state index contributed by atoms with van der Waals surface area (Å²) < 4.78 is 0. The number of aromatic amines is 3. The van der Waals surface area contributed by atoms with Gasteiger partial charge < -0.3 is 20.7 Å². The van der Waals surface area contributed by atoms with E-state index in [4.69, 9.17) is 10.7 Å².